The van der Waals surface area contributed by atoms with Gasteiger partial charge in [-0.05, 0) is 31.0 Å². The number of sulfonamides is 1. The minimum atomic E-state index is -3.38. The number of rotatable bonds is 7. The Morgan fingerprint density at radius 2 is 1.80 bits per heavy atom. The summed E-state index contributed by atoms with van der Waals surface area (Å²) in [4.78, 5) is 0.285. The second kappa shape index (κ2) is 7.17. The van der Waals surface area contributed by atoms with Gasteiger partial charge in [-0.25, -0.2) is 12.7 Å². The maximum atomic E-state index is 12.0. The molecular formula is C14H24N2O3S. The molecule has 0 saturated carbocycles. The largest absolute Gasteiger partial charge is 0.395 e. The van der Waals surface area contributed by atoms with E-state index in [1.807, 2.05) is 13.8 Å². The fourth-order valence-electron chi connectivity index (χ4n) is 1.89. The normalized spacial score (nSPS) is 15.3. The molecule has 1 unspecified atom stereocenters. The van der Waals surface area contributed by atoms with E-state index in [0.29, 0.717) is 0 Å². The van der Waals surface area contributed by atoms with Crippen LogP contribution in [0.5, 0.6) is 0 Å². The Labute approximate surface area is 121 Å². The predicted molar refractivity (Wildman–Crippen MR) is 80.0 cm³/mol. The molecule has 0 saturated heterocycles. The highest BCUT2D eigenvalue weighted by Crippen LogP contribution is 2.18. The van der Waals surface area contributed by atoms with Crippen LogP contribution in [-0.4, -0.2) is 44.6 Å². The third kappa shape index (κ3) is 4.02. The summed E-state index contributed by atoms with van der Waals surface area (Å²) in [5.74, 6) is 0. The molecule has 0 heterocycles. The fraction of sp³-hybridized carbons (Fsp3) is 0.571. The third-order valence-electron chi connectivity index (χ3n) is 3.36. The molecule has 114 valence electrons. The van der Waals surface area contributed by atoms with Crippen LogP contribution in [0.1, 0.15) is 31.9 Å². The Bertz CT molecular complexity index is 508. The quantitative estimate of drug-likeness (QED) is 0.798. The van der Waals surface area contributed by atoms with E-state index in [4.69, 9.17) is 0 Å². The van der Waals surface area contributed by atoms with E-state index in [9.17, 15) is 13.5 Å². The Morgan fingerprint density at radius 1 is 1.25 bits per heavy atom. The standard InChI is InChI=1S/C14H24N2O3S/c1-5-13(10-17)15-11(2)12-6-8-14(9-7-12)20(18,19)16(3)4/h6-9,11,13,15,17H,5,10H2,1-4H3/t11?,13-/m1/s1. The SMILES string of the molecule is CC[C@H](CO)NC(C)c1ccc(S(=O)(=O)N(C)C)cc1. The van der Waals surface area contributed by atoms with Crippen molar-refractivity contribution in [1.29, 1.82) is 0 Å². The van der Waals surface area contributed by atoms with Crippen LogP contribution in [0, 0.1) is 0 Å². The summed E-state index contributed by atoms with van der Waals surface area (Å²) >= 11 is 0. The molecule has 2 atom stereocenters. The minimum absolute atomic E-state index is 0.0511. The van der Waals surface area contributed by atoms with Gasteiger partial charge in [0.05, 0.1) is 11.5 Å². The van der Waals surface area contributed by atoms with Crippen molar-refractivity contribution >= 4 is 10.0 Å². The molecule has 1 aromatic rings. The summed E-state index contributed by atoms with van der Waals surface area (Å²) in [5, 5.41) is 12.5. The molecule has 0 amide bonds. The van der Waals surface area contributed by atoms with E-state index in [1.165, 1.54) is 18.4 Å². The lowest BCUT2D eigenvalue weighted by Crippen LogP contribution is -2.33. The van der Waals surface area contributed by atoms with Gasteiger partial charge < -0.3 is 10.4 Å². The highest BCUT2D eigenvalue weighted by molar-refractivity contribution is 7.89. The van der Waals surface area contributed by atoms with E-state index in [1.54, 1.807) is 24.3 Å². The van der Waals surface area contributed by atoms with Crippen LogP contribution in [0.3, 0.4) is 0 Å². The Kier molecular flexibility index (Phi) is 6.13. The number of hydrogen-bond donors (Lipinski definition) is 2. The van der Waals surface area contributed by atoms with Gasteiger partial charge in [-0.15, -0.1) is 0 Å². The van der Waals surface area contributed by atoms with Gasteiger partial charge in [0.2, 0.25) is 10.0 Å². The molecule has 6 heteroatoms. The second-order valence-electron chi connectivity index (χ2n) is 5.03. The van der Waals surface area contributed by atoms with Gasteiger partial charge in [0.25, 0.3) is 0 Å². The summed E-state index contributed by atoms with van der Waals surface area (Å²) < 4.78 is 25.1. The minimum Gasteiger partial charge on any atom is -0.395 e. The average Bonchev–Trinajstić information content (AvgIpc) is 2.44. The molecule has 20 heavy (non-hydrogen) atoms. The van der Waals surface area contributed by atoms with Crippen LogP contribution in [0.2, 0.25) is 0 Å². The number of nitrogens with one attached hydrogen (secondary N) is 1. The highest BCUT2D eigenvalue weighted by atomic mass is 32.2. The van der Waals surface area contributed by atoms with E-state index < -0.39 is 10.0 Å². The van der Waals surface area contributed by atoms with Crippen molar-refractivity contribution in [1.82, 2.24) is 9.62 Å². The molecule has 0 aliphatic heterocycles. The van der Waals surface area contributed by atoms with E-state index in [-0.39, 0.29) is 23.6 Å². The van der Waals surface area contributed by atoms with Crippen LogP contribution >= 0.6 is 0 Å². The van der Waals surface area contributed by atoms with Crippen molar-refractivity contribution < 1.29 is 13.5 Å². The van der Waals surface area contributed by atoms with Crippen molar-refractivity contribution in [3.63, 3.8) is 0 Å². The number of aliphatic hydroxyl groups is 1. The molecule has 1 rings (SSSR count). The summed E-state index contributed by atoms with van der Waals surface area (Å²) in [5.41, 5.74) is 0.995. The van der Waals surface area contributed by atoms with Crippen LogP contribution in [-0.2, 0) is 10.0 Å². The van der Waals surface area contributed by atoms with E-state index in [0.717, 1.165) is 12.0 Å². The molecule has 0 fully saturated rings. The first kappa shape index (κ1) is 17.1. The van der Waals surface area contributed by atoms with Gasteiger partial charge in [-0.3, -0.25) is 0 Å². The zero-order valence-corrected chi connectivity index (χ0v) is 13.3. The zero-order chi connectivity index (χ0) is 15.3. The second-order valence-corrected chi connectivity index (χ2v) is 7.18. The summed E-state index contributed by atoms with van der Waals surface area (Å²) in [7, 11) is -0.350. The summed E-state index contributed by atoms with van der Waals surface area (Å²) in [6.45, 7) is 4.09. The van der Waals surface area contributed by atoms with E-state index in [2.05, 4.69) is 5.32 Å². The van der Waals surface area contributed by atoms with Gasteiger partial charge in [0.1, 0.15) is 0 Å². The van der Waals surface area contributed by atoms with Gasteiger partial charge in [-0.1, -0.05) is 19.1 Å². The number of hydrogen-bond acceptors (Lipinski definition) is 4. The molecule has 0 bridgehead atoms. The van der Waals surface area contributed by atoms with Crippen molar-refractivity contribution in [2.24, 2.45) is 0 Å². The first-order valence-corrected chi connectivity index (χ1v) is 8.16. The van der Waals surface area contributed by atoms with Crippen LogP contribution in [0.25, 0.3) is 0 Å². The van der Waals surface area contributed by atoms with E-state index >= 15 is 0 Å². The Hall–Kier alpha value is -0.950. The number of aliphatic hydroxyl groups excluding tert-OH is 1. The van der Waals surface area contributed by atoms with Crippen molar-refractivity contribution in [3.8, 4) is 0 Å². The topological polar surface area (TPSA) is 69.6 Å². The Balaban J connectivity index is 2.86. The van der Waals surface area contributed by atoms with Crippen LogP contribution in [0.4, 0.5) is 0 Å². The van der Waals surface area contributed by atoms with Gasteiger partial charge in [0, 0.05) is 26.2 Å². The van der Waals surface area contributed by atoms with Crippen molar-refractivity contribution in [2.75, 3.05) is 20.7 Å². The van der Waals surface area contributed by atoms with Crippen LogP contribution in [0.15, 0.2) is 29.2 Å². The molecule has 2 N–H and O–H groups in total. The highest BCUT2D eigenvalue weighted by Gasteiger charge is 2.17. The zero-order valence-electron chi connectivity index (χ0n) is 12.5. The summed E-state index contributed by atoms with van der Waals surface area (Å²) in [6, 6.07) is 6.94. The van der Waals surface area contributed by atoms with Gasteiger partial charge in [0.15, 0.2) is 0 Å². The first-order valence-electron chi connectivity index (χ1n) is 6.72. The average molecular weight is 300 g/mol. The van der Waals surface area contributed by atoms with Gasteiger partial charge in [-0.2, -0.15) is 0 Å². The maximum absolute atomic E-state index is 12.0. The molecule has 0 spiro atoms. The monoisotopic (exact) mass is 300 g/mol. The molecular weight excluding hydrogens is 276 g/mol. The molecule has 0 aromatic heterocycles. The van der Waals surface area contributed by atoms with Crippen LogP contribution < -0.4 is 5.32 Å². The molecule has 0 aliphatic carbocycles. The van der Waals surface area contributed by atoms with Gasteiger partial charge >= 0.3 is 0 Å². The van der Waals surface area contributed by atoms with Crippen molar-refractivity contribution in [3.05, 3.63) is 29.8 Å². The number of benzene rings is 1. The van der Waals surface area contributed by atoms with Crippen molar-refractivity contribution in [2.45, 2.75) is 37.2 Å². The molecule has 5 nitrogen and oxygen atoms in total. The summed E-state index contributed by atoms with van der Waals surface area (Å²) in [6.07, 6.45) is 0.841. The molecule has 0 radical (unpaired) electrons. The fourth-order valence-corrected chi connectivity index (χ4v) is 2.79. The molecule has 1 aromatic carbocycles. The maximum Gasteiger partial charge on any atom is 0.242 e. The predicted octanol–water partition coefficient (Wildman–Crippen LogP) is 1.36. The smallest absolute Gasteiger partial charge is 0.242 e. The lowest BCUT2D eigenvalue weighted by Gasteiger charge is -2.21. The molecule has 0 aliphatic rings. The lowest BCUT2D eigenvalue weighted by atomic mass is 10.1. The first-order chi connectivity index (χ1) is 9.32. The number of nitrogens with zero attached hydrogens (tertiary/aromatic N) is 1. The third-order valence-corrected chi connectivity index (χ3v) is 5.19. The lowest BCUT2D eigenvalue weighted by molar-refractivity contribution is 0.230. The Morgan fingerprint density at radius 3 is 2.20 bits per heavy atom.